The van der Waals surface area contributed by atoms with E-state index in [0.29, 0.717) is 10.6 Å². The molecule has 7 heteroatoms. The van der Waals surface area contributed by atoms with Gasteiger partial charge in [-0.05, 0) is 56.1 Å². The van der Waals surface area contributed by atoms with Crippen LogP contribution in [0.2, 0.25) is 0 Å². The lowest BCUT2D eigenvalue weighted by Crippen LogP contribution is -2.51. The molecule has 2 aromatic carbocycles. The zero-order valence-electron chi connectivity index (χ0n) is 16.1. The molecular weight excluding hydrogens is 384 g/mol. The monoisotopic (exact) mass is 408 g/mol. The van der Waals surface area contributed by atoms with Crippen LogP contribution in [0.3, 0.4) is 0 Å². The number of sulfonamides is 1. The topological polar surface area (TPSA) is 74.3 Å². The fraction of sp³-hybridized carbons (Fsp3) is 0.318. The molecule has 150 valence electrons. The van der Waals surface area contributed by atoms with Crippen molar-refractivity contribution in [3.05, 3.63) is 66.4 Å². The van der Waals surface area contributed by atoms with Gasteiger partial charge in [0, 0.05) is 11.9 Å². The first kappa shape index (κ1) is 18.5. The summed E-state index contributed by atoms with van der Waals surface area (Å²) in [4.78, 5) is 7.51. The molecule has 1 aromatic heterocycles. The summed E-state index contributed by atoms with van der Waals surface area (Å²) in [6.07, 6.45) is 1.63. The van der Waals surface area contributed by atoms with Gasteiger partial charge in [-0.3, -0.25) is 9.88 Å². The van der Waals surface area contributed by atoms with Crippen LogP contribution in [0.5, 0.6) is 0 Å². The van der Waals surface area contributed by atoms with Gasteiger partial charge in [-0.1, -0.05) is 36.4 Å². The second kappa shape index (κ2) is 7.40. The molecule has 0 radical (unpaired) electrons. The Bertz CT molecular complexity index is 1140. The highest BCUT2D eigenvalue weighted by Crippen LogP contribution is 2.31. The summed E-state index contributed by atoms with van der Waals surface area (Å²) in [7, 11) is -3.46. The van der Waals surface area contributed by atoms with Gasteiger partial charge in [0.15, 0.2) is 0 Å². The summed E-state index contributed by atoms with van der Waals surface area (Å²) in [6, 6.07) is 19.5. The molecule has 0 spiro atoms. The van der Waals surface area contributed by atoms with Crippen molar-refractivity contribution in [1.82, 2.24) is 14.6 Å². The fourth-order valence-electron chi connectivity index (χ4n) is 4.33. The van der Waals surface area contributed by atoms with Crippen molar-refractivity contribution in [3.8, 4) is 0 Å². The molecule has 0 aliphatic carbocycles. The van der Waals surface area contributed by atoms with Gasteiger partial charge in [0.2, 0.25) is 10.0 Å². The van der Waals surface area contributed by atoms with Gasteiger partial charge in [0.1, 0.15) is 4.90 Å². The lowest BCUT2D eigenvalue weighted by atomic mass is 9.93. The van der Waals surface area contributed by atoms with E-state index in [1.54, 1.807) is 12.1 Å². The molecular formula is C22H24N4O2S. The van der Waals surface area contributed by atoms with E-state index in [0.717, 1.165) is 49.1 Å². The fourth-order valence-corrected chi connectivity index (χ4v) is 5.72. The van der Waals surface area contributed by atoms with Crippen LogP contribution < -0.4 is 10.0 Å². The summed E-state index contributed by atoms with van der Waals surface area (Å²) in [5.74, 6) is 0.263. The summed E-state index contributed by atoms with van der Waals surface area (Å²) in [6.45, 7) is 2.69. The van der Waals surface area contributed by atoms with Gasteiger partial charge >= 0.3 is 0 Å². The van der Waals surface area contributed by atoms with Crippen molar-refractivity contribution in [2.75, 3.05) is 18.4 Å². The molecule has 29 heavy (non-hydrogen) atoms. The number of fused-ring (bicyclic) bond motifs is 2. The molecule has 0 saturated carbocycles. The van der Waals surface area contributed by atoms with Crippen molar-refractivity contribution < 1.29 is 8.42 Å². The maximum atomic E-state index is 12.6. The highest BCUT2D eigenvalue weighted by atomic mass is 32.2. The maximum absolute atomic E-state index is 12.6. The highest BCUT2D eigenvalue weighted by Gasteiger charge is 2.35. The predicted octanol–water partition coefficient (Wildman–Crippen LogP) is 3.18. The minimum atomic E-state index is -3.46. The third-order valence-corrected chi connectivity index (χ3v) is 7.41. The van der Waals surface area contributed by atoms with Crippen molar-refractivity contribution in [2.45, 2.75) is 30.4 Å². The second-order valence-corrected chi connectivity index (χ2v) is 9.53. The Morgan fingerprint density at radius 3 is 2.59 bits per heavy atom. The largest absolute Gasteiger partial charge is 0.368 e. The molecule has 1 unspecified atom stereocenters. The minimum Gasteiger partial charge on any atom is -0.368 e. The molecule has 2 N–H and O–H groups in total. The molecule has 1 fully saturated rings. The van der Waals surface area contributed by atoms with E-state index in [-0.39, 0.29) is 12.1 Å². The highest BCUT2D eigenvalue weighted by molar-refractivity contribution is 7.89. The van der Waals surface area contributed by atoms with E-state index in [2.05, 4.69) is 33.1 Å². The van der Waals surface area contributed by atoms with Gasteiger partial charge in [-0.25, -0.2) is 8.42 Å². The number of nitrogens with zero attached hydrogens (tertiary/aromatic N) is 2. The maximum Gasteiger partial charge on any atom is 0.244 e. The molecule has 0 amide bonds. The number of nitrogens with one attached hydrogen (secondary N) is 2. The lowest BCUT2D eigenvalue weighted by molar-refractivity contribution is 0.162. The number of benzene rings is 2. The first-order valence-corrected chi connectivity index (χ1v) is 11.5. The normalized spacial score (nSPS) is 22.1. The van der Waals surface area contributed by atoms with Crippen LogP contribution in [0.15, 0.2) is 65.6 Å². The second-order valence-electron chi connectivity index (χ2n) is 7.85. The summed E-state index contributed by atoms with van der Waals surface area (Å²) < 4.78 is 28.0. The van der Waals surface area contributed by atoms with Gasteiger partial charge in [-0.15, -0.1) is 0 Å². The average molecular weight is 409 g/mol. The number of rotatable bonds is 3. The van der Waals surface area contributed by atoms with Crippen molar-refractivity contribution in [3.63, 3.8) is 0 Å². The van der Waals surface area contributed by atoms with Crippen LogP contribution in [0.4, 0.5) is 5.69 Å². The van der Waals surface area contributed by atoms with E-state index in [4.69, 9.17) is 4.98 Å². The molecule has 1 atom stereocenters. The zero-order valence-corrected chi connectivity index (χ0v) is 16.9. The minimum absolute atomic E-state index is 0.254. The Morgan fingerprint density at radius 2 is 1.72 bits per heavy atom. The van der Waals surface area contributed by atoms with E-state index >= 15 is 0 Å². The molecule has 6 nitrogen and oxygen atoms in total. The third-order valence-electron chi connectivity index (χ3n) is 5.92. The summed E-state index contributed by atoms with van der Waals surface area (Å²) in [5.41, 5.74) is 2.80. The van der Waals surface area contributed by atoms with Gasteiger partial charge in [-0.2, -0.15) is 4.72 Å². The molecule has 5 rings (SSSR count). The quantitative estimate of drug-likeness (QED) is 0.696. The van der Waals surface area contributed by atoms with Crippen molar-refractivity contribution in [1.29, 1.82) is 0 Å². The first-order valence-electron chi connectivity index (χ1n) is 10.0. The zero-order chi connectivity index (χ0) is 19.8. The van der Waals surface area contributed by atoms with Crippen LogP contribution in [0, 0.1) is 5.92 Å². The Balaban J connectivity index is 1.24. The Morgan fingerprint density at radius 1 is 0.966 bits per heavy atom. The number of anilines is 1. The van der Waals surface area contributed by atoms with E-state index < -0.39 is 10.0 Å². The third kappa shape index (κ3) is 3.73. The van der Waals surface area contributed by atoms with Crippen LogP contribution in [-0.4, -0.2) is 37.6 Å². The van der Waals surface area contributed by atoms with Gasteiger partial charge < -0.3 is 5.32 Å². The smallest absolute Gasteiger partial charge is 0.244 e. The van der Waals surface area contributed by atoms with E-state index in [9.17, 15) is 8.42 Å². The number of piperidine rings is 1. The Labute approximate surface area is 171 Å². The molecule has 2 aliphatic rings. The van der Waals surface area contributed by atoms with Crippen molar-refractivity contribution >= 4 is 26.6 Å². The Kier molecular flexibility index (Phi) is 4.73. The molecule has 3 aromatic rings. The summed E-state index contributed by atoms with van der Waals surface area (Å²) >= 11 is 0. The van der Waals surface area contributed by atoms with Gasteiger partial charge in [0.05, 0.1) is 23.1 Å². The number of hydrogen-bond acceptors (Lipinski definition) is 5. The number of pyridine rings is 1. The number of aromatic nitrogens is 1. The van der Waals surface area contributed by atoms with E-state index in [1.807, 2.05) is 30.3 Å². The molecule has 1 saturated heterocycles. The first-order chi connectivity index (χ1) is 14.1. The Hall–Kier alpha value is -2.48. The number of para-hydroxylation sites is 2. The standard InChI is InChI=1S/C22H24N4O2S/c27-29(28)21-8-4-3-7-20(21)24-22(25-29)17-11-13-26(14-12-17)15-18-10-9-16-5-1-2-6-19(16)23-18/h1-10,17,22,24-25H,11-15H2. The number of likely N-dealkylation sites (tertiary alicyclic amines) is 1. The average Bonchev–Trinajstić information content (AvgIpc) is 2.74. The SMILES string of the molecule is O=S1(=O)NC(C2CCN(Cc3ccc4ccccc4n3)CC2)Nc2ccccc21. The van der Waals surface area contributed by atoms with Crippen molar-refractivity contribution in [2.24, 2.45) is 5.92 Å². The molecule has 0 bridgehead atoms. The molecule has 3 heterocycles. The lowest BCUT2D eigenvalue weighted by Gasteiger charge is -2.38. The van der Waals surface area contributed by atoms with Crippen LogP contribution in [-0.2, 0) is 16.6 Å². The van der Waals surface area contributed by atoms with E-state index in [1.165, 1.54) is 0 Å². The molecule has 2 aliphatic heterocycles. The summed E-state index contributed by atoms with van der Waals surface area (Å²) in [5, 5.41) is 4.54. The van der Waals surface area contributed by atoms with Gasteiger partial charge in [0.25, 0.3) is 0 Å². The van der Waals surface area contributed by atoms with Crippen LogP contribution in [0.1, 0.15) is 18.5 Å². The number of hydrogen-bond donors (Lipinski definition) is 2. The van der Waals surface area contributed by atoms with Crippen LogP contribution >= 0.6 is 0 Å². The predicted molar refractivity (Wildman–Crippen MR) is 114 cm³/mol. The van der Waals surface area contributed by atoms with Crippen LogP contribution in [0.25, 0.3) is 10.9 Å².